The van der Waals surface area contributed by atoms with Gasteiger partial charge in [-0.1, -0.05) is 29.3 Å². The second kappa shape index (κ2) is 10.6. The van der Waals surface area contributed by atoms with Gasteiger partial charge in [0, 0.05) is 23.1 Å². The first-order chi connectivity index (χ1) is 17.6. The number of aliphatic hydroxyl groups is 1. The topological polar surface area (TPSA) is 106 Å². The molecule has 1 aliphatic heterocycles. The molecule has 1 saturated heterocycles. The summed E-state index contributed by atoms with van der Waals surface area (Å²) in [4.78, 5) is 44.5. The molecule has 3 aromatic rings. The van der Waals surface area contributed by atoms with Crippen LogP contribution in [-0.2, 0) is 14.3 Å². The Kier molecular flexibility index (Phi) is 7.52. The SMILES string of the molecule is COc1c(Cl)cc(Cl)cc1/C(O)=C1\C(=O)C(=O)N(c2cccc(C(=O)OC(C)C)c2)C1c1ccncc1. The zero-order valence-corrected chi connectivity index (χ0v) is 21.6. The third-order valence-electron chi connectivity index (χ3n) is 5.64. The molecule has 1 aromatic heterocycles. The number of ketones is 1. The minimum Gasteiger partial charge on any atom is -0.507 e. The van der Waals surface area contributed by atoms with Crippen molar-refractivity contribution in [3.05, 3.63) is 93.2 Å². The normalized spacial score (nSPS) is 16.8. The Morgan fingerprint density at radius 3 is 2.43 bits per heavy atom. The zero-order valence-electron chi connectivity index (χ0n) is 20.1. The molecular weight excluding hydrogens is 519 g/mol. The number of methoxy groups -OCH3 is 1. The number of aromatic nitrogens is 1. The van der Waals surface area contributed by atoms with Crippen molar-refractivity contribution in [1.29, 1.82) is 0 Å². The number of rotatable bonds is 6. The van der Waals surface area contributed by atoms with Gasteiger partial charge in [-0.15, -0.1) is 0 Å². The van der Waals surface area contributed by atoms with Gasteiger partial charge < -0.3 is 14.6 Å². The Morgan fingerprint density at radius 1 is 1.08 bits per heavy atom. The van der Waals surface area contributed by atoms with Gasteiger partial charge in [-0.2, -0.15) is 0 Å². The Balaban J connectivity index is 1.94. The fourth-order valence-electron chi connectivity index (χ4n) is 4.11. The van der Waals surface area contributed by atoms with Gasteiger partial charge in [-0.3, -0.25) is 19.5 Å². The van der Waals surface area contributed by atoms with Crippen LogP contribution >= 0.6 is 23.2 Å². The van der Waals surface area contributed by atoms with Gasteiger partial charge in [0.05, 0.1) is 41.0 Å². The minimum absolute atomic E-state index is 0.0475. The van der Waals surface area contributed by atoms with Gasteiger partial charge in [-0.05, 0) is 61.9 Å². The Morgan fingerprint density at radius 2 is 1.78 bits per heavy atom. The average Bonchev–Trinajstić information content (AvgIpc) is 3.13. The lowest BCUT2D eigenvalue weighted by Gasteiger charge is -2.26. The van der Waals surface area contributed by atoms with Crippen LogP contribution in [0.4, 0.5) is 5.69 Å². The molecule has 0 bridgehead atoms. The van der Waals surface area contributed by atoms with E-state index >= 15 is 0 Å². The van der Waals surface area contributed by atoms with Crippen LogP contribution in [0.2, 0.25) is 10.0 Å². The number of hydrogen-bond acceptors (Lipinski definition) is 7. The van der Waals surface area contributed by atoms with E-state index in [4.69, 9.17) is 32.7 Å². The summed E-state index contributed by atoms with van der Waals surface area (Å²) in [6, 6.07) is 11.2. The van der Waals surface area contributed by atoms with Gasteiger partial charge in [0.1, 0.15) is 11.5 Å². The lowest BCUT2D eigenvalue weighted by atomic mass is 9.95. The third kappa shape index (κ3) is 5.03. The van der Waals surface area contributed by atoms with E-state index in [1.165, 1.54) is 42.6 Å². The molecule has 1 aliphatic rings. The lowest BCUT2D eigenvalue weighted by molar-refractivity contribution is -0.132. The predicted molar refractivity (Wildman–Crippen MR) is 139 cm³/mol. The lowest BCUT2D eigenvalue weighted by Crippen LogP contribution is -2.29. The number of hydrogen-bond donors (Lipinski definition) is 1. The number of halogens is 2. The minimum atomic E-state index is -1.05. The first kappa shape index (κ1) is 26.2. The molecule has 10 heteroatoms. The van der Waals surface area contributed by atoms with E-state index in [-0.39, 0.29) is 44.3 Å². The molecule has 190 valence electrons. The summed E-state index contributed by atoms with van der Waals surface area (Å²) in [5.74, 6) is -2.84. The van der Waals surface area contributed by atoms with Crippen molar-refractivity contribution in [1.82, 2.24) is 4.98 Å². The first-order valence-corrected chi connectivity index (χ1v) is 11.9. The van der Waals surface area contributed by atoms with Gasteiger partial charge in [0.15, 0.2) is 0 Å². The van der Waals surface area contributed by atoms with Crippen LogP contribution in [0.5, 0.6) is 5.75 Å². The smallest absolute Gasteiger partial charge is 0.338 e. The highest BCUT2D eigenvalue weighted by Gasteiger charge is 2.47. The highest BCUT2D eigenvalue weighted by atomic mass is 35.5. The fourth-order valence-corrected chi connectivity index (χ4v) is 4.68. The van der Waals surface area contributed by atoms with Crippen molar-refractivity contribution < 1.29 is 29.0 Å². The number of benzene rings is 2. The van der Waals surface area contributed by atoms with Crippen LogP contribution in [0, 0.1) is 0 Å². The molecule has 1 N–H and O–H groups in total. The zero-order chi connectivity index (χ0) is 26.9. The van der Waals surface area contributed by atoms with Gasteiger partial charge >= 0.3 is 5.97 Å². The number of nitrogens with zero attached hydrogens (tertiary/aromatic N) is 2. The first-order valence-electron chi connectivity index (χ1n) is 11.2. The maximum atomic E-state index is 13.4. The molecule has 1 amide bonds. The summed E-state index contributed by atoms with van der Waals surface area (Å²) in [6.45, 7) is 3.44. The molecular formula is C27H22Cl2N2O6. The number of aliphatic hydroxyl groups excluding tert-OH is 1. The summed E-state index contributed by atoms with van der Waals surface area (Å²) in [5.41, 5.74) is 0.800. The van der Waals surface area contributed by atoms with E-state index in [2.05, 4.69) is 4.98 Å². The van der Waals surface area contributed by atoms with E-state index in [1.807, 2.05) is 0 Å². The highest BCUT2D eigenvalue weighted by molar-refractivity contribution is 6.52. The maximum absolute atomic E-state index is 13.4. The van der Waals surface area contributed by atoms with Gasteiger partial charge in [-0.25, -0.2) is 4.79 Å². The second-order valence-electron chi connectivity index (χ2n) is 8.42. The van der Waals surface area contributed by atoms with Crippen molar-refractivity contribution in [3.63, 3.8) is 0 Å². The van der Waals surface area contributed by atoms with Gasteiger partial charge in [0.25, 0.3) is 11.7 Å². The van der Waals surface area contributed by atoms with Crippen LogP contribution in [0.3, 0.4) is 0 Å². The number of carbonyl (C=O) groups excluding carboxylic acids is 3. The number of ether oxygens (including phenoxy) is 2. The number of Topliss-reactive ketones (excluding diaryl/α,β-unsaturated/α-hetero) is 1. The van der Waals surface area contributed by atoms with E-state index in [9.17, 15) is 19.5 Å². The molecule has 1 unspecified atom stereocenters. The molecule has 4 rings (SSSR count). The van der Waals surface area contributed by atoms with Crippen LogP contribution in [0.15, 0.2) is 66.5 Å². The quantitative estimate of drug-likeness (QED) is 0.188. The number of pyridine rings is 1. The summed E-state index contributed by atoms with van der Waals surface area (Å²) >= 11 is 12.4. The average molecular weight is 541 g/mol. The summed E-state index contributed by atoms with van der Waals surface area (Å²) < 4.78 is 10.6. The Labute approximate surface area is 223 Å². The van der Waals surface area contributed by atoms with Crippen LogP contribution in [-0.4, -0.2) is 41.0 Å². The predicted octanol–water partition coefficient (Wildman–Crippen LogP) is 5.59. The molecule has 0 aliphatic carbocycles. The third-order valence-corrected chi connectivity index (χ3v) is 6.14. The van der Waals surface area contributed by atoms with Gasteiger partial charge in [0.2, 0.25) is 0 Å². The Bertz CT molecular complexity index is 1420. The van der Waals surface area contributed by atoms with Crippen LogP contribution in [0.1, 0.15) is 41.4 Å². The summed E-state index contributed by atoms with van der Waals surface area (Å²) in [6.07, 6.45) is 2.66. The largest absolute Gasteiger partial charge is 0.507 e. The summed E-state index contributed by atoms with van der Waals surface area (Å²) in [7, 11) is 1.35. The van der Waals surface area contributed by atoms with E-state index in [0.717, 1.165) is 0 Å². The maximum Gasteiger partial charge on any atom is 0.338 e. The number of amides is 1. The molecule has 2 heterocycles. The van der Waals surface area contributed by atoms with Crippen molar-refractivity contribution in [2.45, 2.75) is 26.0 Å². The highest BCUT2D eigenvalue weighted by Crippen LogP contribution is 2.45. The van der Waals surface area contributed by atoms with Crippen molar-refractivity contribution in [3.8, 4) is 5.75 Å². The molecule has 1 atom stereocenters. The van der Waals surface area contributed by atoms with Crippen molar-refractivity contribution in [2.24, 2.45) is 0 Å². The standard InChI is InChI=1S/C27H22Cl2N2O6/c1-14(2)37-27(35)16-5-4-6-18(11-16)31-22(15-7-9-30-10-8-15)21(24(33)26(31)34)23(32)19-12-17(28)13-20(29)25(19)36-3/h4-14,22,32H,1-3H3/b23-21+. The van der Waals surface area contributed by atoms with Crippen LogP contribution in [0.25, 0.3) is 5.76 Å². The number of anilines is 1. The molecule has 37 heavy (non-hydrogen) atoms. The number of esters is 1. The molecule has 0 radical (unpaired) electrons. The van der Waals surface area contributed by atoms with E-state index in [0.29, 0.717) is 5.56 Å². The molecule has 0 saturated carbocycles. The molecule has 0 spiro atoms. The molecule has 1 fully saturated rings. The van der Waals surface area contributed by atoms with Crippen LogP contribution < -0.4 is 9.64 Å². The molecule has 2 aromatic carbocycles. The fraction of sp³-hybridized carbons (Fsp3) is 0.185. The number of carbonyl (C=O) groups is 3. The Hall–Kier alpha value is -3.88. The summed E-state index contributed by atoms with van der Waals surface area (Å²) in [5, 5.41) is 11.7. The van der Waals surface area contributed by atoms with Crippen molar-refractivity contribution >= 4 is 52.3 Å². The monoisotopic (exact) mass is 540 g/mol. The van der Waals surface area contributed by atoms with E-state index < -0.39 is 29.5 Å². The molecule has 8 nitrogen and oxygen atoms in total. The van der Waals surface area contributed by atoms with Crippen molar-refractivity contribution in [2.75, 3.05) is 12.0 Å². The second-order valence-corrected chi connectivity index (χ2v) is 9.27. The van der Waals surface area contributed by atoms with E-state index in [1.54, 1.807) is 44.2 Å².